The van der Waals surface area contributed by atoms with E-state index >= 15 is 0 Å². The number of hydrogen-bond donors (Lipinski definition) is 0. The molecule has 0 bridgehead atoms. The smallest absolute Gasteiger partial charge is 0.164 e. The molecule has 28 rings (SSSR count). The molecule has 0 spiro atoms. The second kappa shape index (κ2) is 33.7. The molecule has 0 unspecified atom stereocenters. The molecule has 19 aromatic carbocycles. The number of para-hydroxylation sites is 7. The van der Waals surface area contributed by atoms with Gasteiger partial charge in [-0.25, -0.2) is 44.9 Å². The molecule has 0 fully saturated rings. The summed E-state index contributed by atoms with van der Waals surface area (Å²) in [5.74, 6) is 5.82. The van der Waals surface area contributed by atoms with Gasteiger partial charge in [-0.3, -0.25) is 0 Å². The maximum absolute atomic E-state index is 6.28. The Kier molecular flexibility index (Phi) is 19.5. The van der Waals surface area contributed by atoms with Crippen LogP contribution in [0.4, 0.5) is 0 Å². The lowest BCUT2D eigenvalue weighted by Gasteiger charge is -2.11. The Hall–Kier alpha value is -19.0. The molecule has 9 heterocycles. The Morgan fingerprint density at radius 1 is 0.123 bits per heavy atom. The number of rotatable bonds is 13. The topological polar surface area (TPSA) is 162 Å². The van der Waals surface area contributed by atoms with Crippen molar-refractivity contribution in [3.8, 4) is 125 Å². The third-order valence-corrected chi connectivity index (χ3v) is 26.1. The minimum absolute atomic E-state index is 0.635. The zero-order valence-electron chi connectivity index (χ0n) is 74.1. The largest absolute Gasteiger partial charge is 0.456 e. The summed E-state index contributed by atoms with van der Waals surface area (Å²) in [5.41, 5.74) is 25.7. The van der Waals surface area contributed by atoms with Gasteiger partial charge >= 0.3 is 0 Å². The van der Waals surface area contributed by atoms with Gasteiger partial charge in [-0.2, -0.15) is 0 Å². The van der Waals surface area contributed by atoms with Gasteiger partial charge in [0.25, 0.3) is 0 Å². The van der Waals surface area contributed by atoms with Crippen molar-refractivity contribution in [2.24, 2.45) is 0 Å². The van der Waals surface area contributed by atoms with E-state index < -0.39 is 0 Å². The molecule has 0 aliphatic carbocycles. The highest BCUT2D eigenvalue weighted by atomic mass is 16.3. The van der Waals surface area contributed by atoms with Gasteiger partial charge in [-0.05, 0) is 152 Å². The molecule has 0 saturated carbocycles. The molecule has 646 valence electrons. The van der Waals surface area contributed by atoms with Gasteiger partial charge in [0.15, 0.2) is 52.4 Å². The summed E-state index contributed by atoms with van der Waals surface area (Å²) in [5, 5.41) is 14.1. The lowest BCUT2D eigenvalue weighted by molar-refractivity contribution is 0.669. The molecular weight excluding hydrogens is 1690 g/mol. The molecule has 0 amide bonds. The molecule has 0 aliphatic rings. The van der Waals surface area contributed by atoms with Crippen LogP contribution in [0.5, 0.6) is 0 Å². The van der Waals surface area contributed by atoms with Gasteiger partial charge in [-0.1, -0.05) is 309 Å². The highest BCUT2D eigenvalue weighted by Crippen LogP contribution is 2.45. The Balaban J connectivity index is 0.000000107. The highest BCUT2D eigenvalue weighted by molar-refractivity contribution is 6.21. The van der Waals surface area contributed by atoms with Crippen molar-refractivity contribution in [1.82, 2.24) is 63.1 Å². The summed E-state index contributed by atoms with van der Waals surface area (Å²) >= 11 is 0. The maximum Gasteiger partial charge on any atom is 0.164 e. The lowest BCUT2D eigenvalue weighted by atomic mass is 10.1. The first-order valence-electron chi connectivity index (χ1n) is 46.0. The van der Waals surface area contributed by atoms with Gasteiger partial charge in [0, 0.05) is 144 Å². The predicted molar refractivity (Wildman–Crippen MR) is 560 cm³/mol. The molecule has 0 aliphatic heterocycles. The van der Waals surface area contributed by atoms with Gasteiger partial charge < -0.3 is 27.1 Å². The molecule has 28 aromatic rings. The summed E-state index contributed by atoms with van der Waals surface area (Å²) in [6.07, 6.45) is 0. The van der Waals surface area contributed by atoms with Crippen LogP contribution in [-0.2, 0) is 0 Å². The first-order valence-corrected chi connectivity index (χ1v) is 46.0. The average Bonchev–Trinajstić information content (AvgIpc) is 1.46. The number of fused-ring (bicyclic) bond motifs is 18. The van der Waals surface area contributed by atoms with Crippen molar-refractivity contribution >= 4 is 131 Å². The van der Waals surface area contributed by atoms with E-state index in [9.17, 15) is 0 Å². The quantitative estimate of drug-likeness (QED) is 0.108. The number of benzene rings is 19. The van der Waals surface area contributed by atoms with Crippen LogP contribution in [0, 0.1) is 0 Å². The van der Waals surface area contributed by atoms with Crippen LogP contribution in [0.3, 0.4) is 0 Å². The first-order chi connectivity index (χ1) is 68.4. The molecular formula is C123H77N13O2. The van der Waals surface area contributed by atoms with Crippen LogP contribution in [-0.4, -0.2) is 63.1 Å². The Morgan fingerprint density at radius 3 is 0.609 bits per heavy atom. The molecule has 0 atom stereocenters. The van der Waals surface area contributed by atoms with E-state index in [1.165, 1.54) is 54.3 Å². The van der Waals surface area contributed by atoms with Crippen molar-refractivity contribution in [3.63, 3.8) is 0 Å². The third-order valence-electron chi connectivity index (χ3n) is 26.1. The fraction of sp³-hybridized carbons (Fsp3) is 0. The molecule has 0 saturated heterocycles. The zero-order valence-corrected chi connectivity index (χ0v) is 74.1. The van der Waals surface area contributed by atoms with Gasteiger partial charge in [0.05, 0.1) is 44.1 Å². The standard InChI is InChI=1S/C45H29N5.2C39H24N4O/c1-4-14-30(15-5-1)43-46-44(31-16-6-2-7-17-31)48-45(47-43)32-24-26-34(27-25-32)50-40-23-13-11-21-36(40)38-28-41-37(29-42(38)50)35-20-10-12-22-39(35)49(41)33-18-8-3-9-19-33;1-3-11-25(12-4-1)37-40-38(26-13-5-2-6-14-26)42-39(41-37)27-19-21-28(22-20-27)43-33-17-9-7-15-29(33)31-24-36-32(23-34(31)43)30-16-8-10-18-35(30)44-36;1-3-11-25(12-4-1)37-40-38(26-13-5-2-6-14-26)42-39(41-37)27-19-21-28(22-20-27)43-33-17-9-7-15-29(33)31-23-32-30-16-8-10-18-35(30)44-36(32)24-34(31)43/h1-29H;2*1-24H. The number of nitrogens with zero attached hydrogens (tertiary/aromatic N) is 13. The van der Waals surface area contributed by atoms with Crippen molar-refractivity contribution < 1.29 is 8.83 Å². The fourth-order valence-electron chi connectivity index (χ4n) is 19.6. The molecule has 0 radical (unpaired) electrons. The van der Waals surface area contributed by atoms with Gasteiger partial charge in [0.2, 0.25) is 0 Å². The van der Waals surface area contributed by atoms with E-state index in [0.717, 1.165) is 150 Å². The van der Waals surface area contributed by atoms with E-state index in [-0.39, 0.29) is 0 Å². The second-order valence-electron chi connectivity index (χ2n) is 34.3. The summed E-state index contributed by atoms with van der Waals surface area (Å²) in [6, 6.07) is 161. The van der Waals surface area contributed by atoms with E-state index in [2.05, 4.69) is 279 Å². The van der Waals surface area contributed by atoms with Crippen molar-refractivity contribution in [1.29, 1.82) is 0 Å². The Morgan fingerprint density at radius 2 is 0.319 bits per heavy atom. The monoisotopic (exact) mass is 1770 g/mol. The second-order valence-corrected chi connectivity index (χ2v) is 34.3. The summed E-state index contributed by atoms with van der Waals surface area (Å²) in [4.78, 5) is 44.1. The number of hydrogen-bond acceptors (Lipinski definition) is 11. The van der Waals surface area contributed by atoms with Gasteiger partial charge in [0.1, 0.15) is 22.3 Å². The SMILES string of the molecule is c1ccc(-c2nc(-c3ccccc3)nc(-c3ccc(-n4c5ccccc5c5cc6c(cc54)c4ccccc4n6-c4ccccc4)cc3)n2)cc1.c1ccc(-c2nc(-c3ccccc3)nc(-c3ccc(-n4c5ccccc5c5cc6c(cc54)oc4ccccc46)cc3)n2)cc1.c1ccc(-c2nc(-c3ccccc3)nc(-c3ccc(-n4c5ccccc5c5cc6oc7ccccc7c6cc54)cc3)n2)cc1. The summed E-state index contributed by atoms with van der Waals surface area (Å²) < 4.78 is 21.9. The molecule has 0 N–H and O–H groups in total. The average molecular weight is 1770 g/mol. The summed E-state index contributed by atoms with van der Waals surface area (Å²) in [7, 11) is 0. The molecule has 15 heteroatoms. The van der Waals surface area contributed by atoms with Gasteiger partial charge in [-0.15, -0.1) is 0 Å². The Bertz CT molecular complexity index is 9360. The normalized spacial score (nSPS) is 11.6. The third kappa shape index (κ3) is 14.2. The van der Waals surface area contributed by atoms with Crippen molar-refractivity contribution in [2.75, 3.05) is 0 Å². The van der Waals surface area contributed by atoms with Crippen LogP contribution in [0.2, 0.25) is 0 Å². The van der Waals surface area contributed by atoms with Crippen LogP contribution in [0.15, 0.2) is 476 Å². The fourth-order valence-corrected chi connectivity index (χ4v) is 19.6. The van der Waals surface area contributed by atoms with Crippen molar-refractivity contribution in [2.45, 2.75) is 0 Å². The van der Waals surface area contributed by atoms with Crippen LogP contribution in [0.25, 0.3) is 256 Å². The van der Waals surface area contributed by atoms with Crippen LogP contribution < -0.4 is 0 Å². The molecule has 9 aromatic heterocycles. The van der Waals surface area contributed by atoms with E-state index in [1.54, 1.807) is 0 Å². The van der Waals surface area contributed by atoms with E-state index in [0.29, 0.717) is 52.4 Å². The van der Waals surface area contributed by atoms with E-state index in [4.69, 9.17) is 53.7 Å². The highest BCUT2D eigenvalue weighted by Gasteiger charge is 2.25. The molecule has 15 nitrogen and oxygen atoms in total. The van der Waals surface area contributed by atoms with Crippen LogP contribution in [0.1, 0.15) is 0 Å². The van der Waals surface area contributed by atoms with Crippen LogP contribution >= 0.6 is 0 Å². The number of furan rings is 2. The first kappa shape index (κ1) is 79.9. The van der Waals surface area contributed by atoms with E-state index in [1.807, 2.05) is 206 Å². The van der Waals surface area contributed by atoms with Crippen molar-refractivity contribution in [3.05, 3.63) is 467 Å². The lowest BCUT2D eigenvalue weighted by Crippen LogP contribution is -2.00. The predicted octanol–water partition coefficient (Wildman–Crippen LogP) is 30.8. The minimum atomic E-state index is 0.635. The maximum atomic E-state index is 6.28. The number of aromatic nitrogens is 13. The Labute approximate surface area is 790 Å². The summed E-state index contributed by atoms with van der Waals surface area (Å²) in [6.45, 7) is 0. The minimum Gasteiger partial charge on any atom is -0.456 e. The zero-order chi connectivity index (χ0) is 91.1. The molecule has 138 heavy (non-hydrogen) atoms.